The molecular weight excluding hydrogens is 94.3 g/mol. The van der Waals surface area contributed by atoms with Crippen molar-refractivity contribution in [1.29, 1.82) is 0 Å². The normalized spacial score (nSPS) is 7.67. The summed E-state index contributed by atoms with van der Waals surface area (Å²) in [5.74, 6) is 1.74. The average Bonchev–Trinajstić information content (AvgIpc) is 1.65. The Morgan fingerprint density at radius 2 is 2.50 bits per heavy atom. The van der Waals surface area contributed by atoms with Gasteiger partial charge in [0.1, 0.15) is 0 Å². The highest BCUT2D eigenvalue weighted by molar-refractivity contribution is 7.09. The summed E-state index contributed by atoms with van der Waals surface area (Å²) in [6, 6.07) is 0. The number of halogens is 1. The van der Waals surface area contributed by atoms with Crippen LogP contribution in [-0.2, 0) is 0 Å². The molecule has 0 fully saturated rings. The van der Waals surface area contributed by atoms with Crippen molar-refractivity contribution < 1.29 is 0 Å². The second-order valence-electron chi connectivity index (χ2n) is 1.16. The van der Waals surface area contributed by atoms with Gasteiger partial charge in [-0.25, -0.2) is 0 Å². The molecular formula is C4H8BCl. The van der Waals surface area contributed by atoms with Crippen LogP contribution < -0.4 is 0 Å². The van der Waals surface area contributed by atoms with Gasteiger partial charge in [-0.15, -0.1) is 12.6 Å². The fourth-order valence-corrected chi connectivity index (χ4v) is 0.167. The van der Waals surface area contributed by atoms with Crippen LogP contribution in [0.1, 0.15) is 6.92 Å². The maximum absolute atomic E-state index is 5.53. The Balaban J connectivity index is 2.96. The Hall–Kier alpha value is 0.0949. The lowest BCUT2D eigenvalue weighted by Crippen LogP contribution is -1.92. The summed E-state index contributed by atoms with van der Waals surface area (Å²) in [6.07, 6.45) is 1.15. The van der Waals surface area contributed by atoms with Crippen LogP contribution in [0.5, 0.6) is 0 Å². The van der Waals surface area contributed by atoms with Crippen molar-refractivity contribution in [2.75, 3.05) is 0 Å². The number of rotatable bonds is 2. The van der Waals surface area contributed by atoms with Gasteiger partial charge in [-0.3, -0.25) is 0 Å². The van der Waals surface area contributed by atoms with Gasteiger partial charge in [0, 0.05) is 0 Å². The fraction of sp³-hybridized carbons (Fsp3) is 0.500. The van der Waals surface area contributed by atoms with Crippen molar-refractivity contribution in [1.82, 2.24) is 0 Å². The van der Waals surface area contributed by atoms with E-state index in [2.05, 4.69) is 6.58 Å². The van der Waals surface area contributed by atoms with E-state index in [-0.39, 0.29) is 6.13 Å². The standard InChI is InChI=1S/C4H8BCl/c1-3-5(6)4-2/h3H,1,4H2,2H3. The van der Waals surface area contributed by atoms with Crippen molar-refractivity contribution in [2.24, 2.45) is 0 Å². The van der Waals surface area contributed by atoms with E-state index in [4.69, 9.17) is 11.5 Å². The molecule has 34 valence electrons. The van der Waals surface area contributed by atoms with E-state index in [1.165, 1.54) is 0 Å². The van der Waals surface area contributed by atoms with Gasteiger partial charge < -0.3 is 0 Å². The highest BCUT2D eigenvalue weighted by atomic mass is 35.5. The Morgan fingerprint density at radius 3 is 2.50 bits per heavy atom. The van der Waals surface area contributed by atoms with Gasteiger partial charge in [0.25, 0.3) is 6.13 Å². The van der Waals surface area contributed by atoms with Crippen LogP contribution in [0.3, 0.4) is 0 Å². The van der Waals surface area contributed by atoms with Gasteiger partial charge in [-0.05, 0) is 0 Å². The fourth-order valence-electron chi connectivity index (χ4n) is 0.167. The van der Waals surface area contributed by atoms with Gasteiger partial charge in [0.05, 0.1) is 0 Å². The molecule has 0 amide bonds. The average molecular weight is 102 g/mol. The van der Waals surface area contributed by atoms with Gasteiger partial charge in [0.15, 0.2) is 0 Å². The van der Waals surface area contributed by atoms with Crippen molar-refractivity contribution in [3.8, 4) is 0 Å². The van der Waals surface area contributed by atoms with E-state index in [9.17, 15) is 0 Å². The molecule has 0 aliphatic rings. The van der Waals surface area contributed by atoms with Crippen molar-refractivity contribution >= 4 is 17.6 Å². The van der Waals surface area contributed by atoms with Crippen LogP contribution in [0.4, 0.5) is 0 Å². The first-order valence-electron chi connectivity index (χ1n) is 2.08. The molecule has 0 aromatic rings. The first-order chi connectivity index (χ1) is 2.81. The summed E-state index contributed by atoms with van der Waals surface area (Å²) < 4.78 is 0. The lowest BCUT2D eigenvalue weighted by Gasteiger charge is -1.84. The molecule has 2 heteroatoms. The van der Waals surface area contributed by atoms with E-state index in [0.717, 1.165) is 6.32 Å². The molecule has 0 saturated carbocycles. The van der Waals surface area contributed by atoms with E-state index in [0.29, 0.717) is 0 Å². The van der Waals surface area contributed by atoms with Gasteiger partial charge in [-0.1, -0.05) is 13.2 Å². The molecule has 0 spiro atoms. The summed E-state index contributed by atoms with van der Waals surface area (Å²) in [5, 5.41) is 0. The predicted octanol–water partition coefficient (Wildman–Crippen LogP) is 1.96. The SMILES string of the molecule is C=CB(Cl)CC. The van der Waals surface area contributed by atoms with Gasteiger partial charge in [-0.2, -0.15) is 11.5 Å². The Kier molecular flexibility index (Phi) is 3.34. The Morgan fingerprint density at radius 1 is 2.00 bits per heavy atom. The van der Waals surface area contributed by atoms with Crippen molar-refractivity contribution in [3.05, 3.63) is 12.6 Å². The lowest BCUT2D eigenvalue weighted by atomic mass is 9.74. The van der Waals surface area contributed by atoms with Gasteiger partial charge in [0.2, 0.25) is 0 Å². The molecule has 0 N–H and O–H groups in total. The molecule has 0 heterocycles. The van der Waals surface area contributed by atoms with Crippen molar-refractivity contribution in [2.45, 2.75) is 13.2 Å². The minimum absolute atomic E-state index is 0.171. The smallest absolute Gasteiger partial charge is 0.190 e. The number of hydrogen-bond donors (Lipinski definition) is 0. The predicted molar refractivity (Wildman–Crippen MR) is 32.3 cm³/mol. The van der Waals surface area contributed by atoms with Crippen LogP contribution in [0.2, 0.25) is 6.32 Å². The third kappa shape index (κ3) is 2.34. The molecule has 0 atom stereocenters. The van der Waals surface area contributed by atoms with E-state index >= 15 is 0 Å². The number of hydrogen-bond acceptors (Lipinski definition) is 0. The molecule has 0 unspecified atom stereocenters. The van der Waals surface area contributed by atoms with Crippen LogP contribution in [-0.4, -0.2) is 6.13 Å². The van der Waals surface area contributed by atoms with Crippen LogP contribution in [0.15, 0.2) is 12.6 Å². The minimum atomic E-state index is 0.171. The maximum atomic E-state index is 5.53. The van der Waals surface area contributed by atoms with E-state index < -0.39 is 0 Å². The molecule has 0 aromatic carbocycles. The van der Waals surface area contributed by atoms with E-state index in [1.54, 1.807) is 5.98 Å². The summed E-state index contributed by atoms with van der Waals surface area (Å²) >= 11 is 5.53. The van der Waals surface area contributed by atoms with Crippen LogP contribution >= 0.6 is 11.5 Å². The Bertz CT molecular complexity index is 44.8. The monoisotopic (exact) mass is 102 g/mol. The van der Waals surface area contributed by atoms with E-state index in [1.807, 2.05) is 6.92 Å². The third-order valence-corrected chi connectivity index (χ3v) is 1.13. The molecule has 6 heavy (non-hydrogen) atoms. The molecule has 0 aliphatic carbocycles. The minimum Gasteiger partial charge on any atom is -0.190 e. The molecule has 0 saturated heterocycles. The zero-order valence-electron chi connectivity index (χ0n) is 3.95. The zero-order valence-corrected chi connectivity index (χ0v) is 4.70. The third-order valence-electron chi connectivity index (χ3n) is 0.646. The molecule has 0 radical (unpaired) electrons. The molecule has 0 nitrogen and oxygen atoms in total. The molecule has 0 aromatic heterocycles. The maximum Gasteiger partial charge on any atom is 0.274 e. The largest absolute Gasteiger partial charge is 0.274 e. The Labute approximate surface area is 44.2 Å². The molecule has 0 rings (SSSR count). The lowest BCUT2D eigenvalue weighted by molar-refractivity contribution is 1.46. The summed E-state index contributed by atoms with van der Waals surface area (Å²) in [7, 11) is 0. The van der Waals surface area contributed by atoms with Crippen LogP contribution in [0.25, 0.3) is 0 Å². The molecule has 0 aliphatic heterocycles. The van der Waals surface area contributed by atoms with Crippen molar-refractivity contribution in [3.63, 3.8) is 0 Å². The zero-order chi connectivity index (χ0) is 4.99. The first kappa shape index (κ1) is 6.09. The second kappa shape index (κ2) is 3.29. The summed E-state index contributed by atoms with van der Waals surface area (Å²) in [6.45, 7) is 5.53. The second-order valence-corrected chi connectivity index (χ2v) is 1.72. The highest BCUT2D eigenvalue weighted by Gasteiger charge is 1.95. The van der Waals surface area contributed by atoms with Crippen LogP contribution in [0, 0.1) is 0 Å². The summed E-state index contributed by atoms with van der Waals surface area (Å²) in [4.78, 5) is 0. The summed E-state index contributed by atoms with van der Waals surface area (Å²) in [5.41, 5.74) is 0. The topological polar surface area (TPSA) is 0 Å². The highest BCUT2D eigenvalue weighted by Crippen LogP contribution is 1.94. The van der Waals surface area contributed by atoms with Gasteiger partial charge >= 0.3 is 0 Å². The molecule has 0 bridgehead atoms. The quantitative estimate of drug-likeness (QED) is 0.468. The first-order valence-corrected chi connectivity index (χ1v) is 2.51.